The lowest BCUT2D eigenvalue weighted by molar-refractivity contribution is -0.117. The zero-order valence-electron chi connectivity index (χ0n) is 19.8. The zero-order chi connectivity index (χ0) is 25.3. The Kier molecular flexibility index (Phi) is 8.58. The molecular formula is C30H25IN2O3. The Labute approximate surface area is 224 Å². The highest BCUT2D eigenvalue weighted by Crippen LogP contribution is 2.36. The summed E-state index contributed by atoms with van der Waals surface area (Å²) in [6, 6.07) is 29.6. The number of hydrogen-bond donors (Lipinski definition) is 1. The van der Waals surface area contributed by atoms with Crippen molar-refractivity contribution in [2.45, 2.75) is 20.1 Å². The smallest absolute Gasteiger partial charge is 0.262 e. The normalized spacial score (nSPS) is 11.1. The van der Waals surface area contributed by atoms with E-state index in [-0.39, 0.29) is 5.57 Å². The minimum Gasteiger partial charge on any atom is -0.490 e. The Balaban J connectivity index is 1.55. The van der Waals surface area contributed by atoms with Crippen LogP contribution in [0.1, 0.15) is 23.6 Å². The van der Waals surface area contributed by atoms with Crippen LogP contribution in [0.15, 0.2) is 90.5 Å². The number of nitrogens with zero attached hydrogens (tertiary/aromatic N) is 1. The Morgan fingerprint density at radius 1 is 1.00 bits per heavy atom. The fourth-order valence-electron chi connectivity index (χ4n) is 3.83. The van der Waals surface area contributed by atoms with E-state index in [4.69, 9.17) is 9.47 Å². The van der Waals surface area contributed by atoms with Crippen LogP contribution in [-0.2, 0) is 17.9 Å². The summed E-state index contributed by atoms with van der Waals surface area (Å²) in [6.07, 6.45) is 1.57. The molecule has 0 aromatic heterocycles. The van der Waals surface area contributed by atoms with Crippen LogP contribution < -0.4 is 14.8 Å². The Morgan fingerprint density at radius 2 is 1.75 bits per heavy atom. The molecule has 0 fully saturated rings. The lowest BCUT2D eigenvalue weighted by atomic mass is 10.1. The lowest BCUT2D eigenvalue weighted by Crippen LogP contribution is -2.23. The molecule has 4 aromatic carbocycles. The Hall–Kier alpha value is -3.83. The highest BCUT2D eigenvalue weighted by atomic mass is 127. The molecule has 0 saturated carbocycles. The number of ether oxygens (including phenoxy) is 2. The molecule has 0 heterocycles. The summed E-state index contributed by atoms with van der Waals surface area (Å²) >= 11 is 2.19. The Bertz CT molecular complexity index is 1440. The summed E-state index contributed by atoms with van der Waals surface area (Å²) in [4.78, 5) is 12.6. The molecular weight excluding hydrogens is 563 g/mol. The van der Waals surface area contributed by atoms with Gasteiger partial charge in [-0.1, -0.05) is 72.8 Å². The fraction of sp³-hybridized carbons (Fsp3) is 0.133. The monoisotopic (exact) mass is 588 g/mol. The maximum Gasteiger partial charge on any atom is 0.262 e. The van der Waals surface area contributed by atoms with Gasteiger partial charge in [-0.2, -0.15) is 5.26 Å². The summed E-state index contributed by atoms with van der Waals surface area (Å²) in [5, 5.41) is 14.7. The maximum atomic E-state index is 12.6. The minimum absolute atomic E-state index is 0.0219. The van der Waals surface area contributed by atoms with E-state index < -0.39 is 5.91 Å². The number of halogens is 1. The van der Waals surface area contributed by atoms with Crippen molar-refractivity contribution in [2.24, 2.45) is 0 Å². The van der Waals surface area contributed by atoms with E-state index in [1.807, 2.05) is 67.6 Å². The third-order valence-electron chi connectivity index (χ3n) is 5.56. The van der Waals surface area contributed by atoms with Crippen molar-refractivity contribution in [1.82, 2.24) is 5.32 Å². The van der Waals surface area contributed by atoms with Gasteiger partial charge in [-0.15, -0.1) is 0 Å². The summed E-state index contributed by atoms with van der Waals surface area (Å²) in [7, 11) is 0. The lowest BCUT2D eigenvalue weighted by Gasteiger charge is -2.16. The van der Waals surface area contributed by atoms with Crippen molar-refractivity contribution >= 4 is 45.3 Å². The number of benzene rings is 4. The molecule has 180 valence electrons. The first-order valence-corrected chi connectivity index (χ1v) is 12.7. The second-order valence-electron chi connectivity index (χ2n) is 8.03. The van der Waals surface area contributed by atoms with E-state index in [0.29, 0.717) is 36.8 Å². The standard InChI is InChI=1S/C30H25IN2O3/c1-2-35-28-17-22(15-25(18-32)30(34)33-19-21-9-4-3-5-10-21)16-27(31)29(28)36-20-24-13-8-12-23-11-6-7-14-26(23)24/h3-17H,2,19-20H2,1H3,(H,33,34)/b25-15+. The van der Waals surface area contributed by atoms with Crippen LogP contribution in [0.3, 0.4) is 0 Å². The quantitative estimate of drug-likeness (QED) is 0.135. The van der Waals surface area contributed by atoms with Gasteiger partial charge >= 0.3 is 0 Å². The molecule has 0 atom stereocenters. The molecule has 0 aliphatic rings. The predicted octanol–water partition coefficient (Wildman–Crippen LogP) is 6.65. The molecule has 6 heteroatoms. The van der Waals surface area contributed by atoms with Crippen molar-refractivity contribution in [1.29, 1.82) is 5.26 Å². The first-order valence-electron chi connectivity index (χ1n) is 11.6. The number of amides is 1. The van der Waals surface area contributed by atoms with Crippen LogP contribution in [-0.4, -0.2) is 12.5 Å². The average Bonchev–Trinajstić information content (AvgIpc) is 2.90. The fourth-order valence-corrected chi connectivity index (χ4v) is 4.61. The number of rotatable bonds is 9. The van der Waals surface area contributed by atoms with Gasteiger partial charge in [-0.25, -0.2) is 0 Å². The summed E-state index contributed by atoms with van der Waals surface area (Å²) in [6.45, 7) is 3.09. The summed E-state index contributed by atoms with van der Waals surface area (Å²) in [5.41, 5.74) is 2.75. The molecule has 0 spiro atoms. The van der Waals surface area contributed by atoms with E-state index in [1.54, 1.807) is 12.1 Å². The van der Waals surface area contributed by atoms with Crippen molar-refractivity contribution in [2.75, 3.05) is 6.61 Å². The molecule has 0 radical (unpaired) electrons. The first-order chi connectivity index (χ1) is 17.6. The second-order valence-corrected chi connectivity index (χ2v) is 9.19. The Morgan fingerprint density at radius 3 is 2.53 bits per heavy atom. The predicted molar refractivity (Wildman–Crippen MR) is 150 cm³/mol. The molecule has 1 N–H and O–H groups in total. The number of nitrogens with one attached hydrogen (secondary N) is 1. The molecule has 0 unspecified atom stereocenters. The SMILES string of the molecule is CCOc1cc(/C=C(\C#N)C(=O)NCc2ccccc2)cc(I)c1OCc1cccc2ccccc12. The van der Waals surface area contributed by atoms with Gasteiger partial charge in [-0.3, -0.25) is 4.79 Å². The minimum atomic E-state index is -0.425. The van der Waals surface area contributed by atoms with Crippen LogP contribution >= 0.6 is 22.6 Å². The summed E-state index contributed by atoms with van der Waals surface area (Å²) in [5.74, 6) is 0.776. The van der Waals surface area contributed by atoms with E-state index in [2.05, 4.69) is 52.2 Å². The van der Waals surface area contributed by atoms with E-state index >= 15 is 0 Å². The van der Waals surface area contributed by atoms with E-state index in [9.17, 15) is 10.1 Å². The van der Waals surface area contributed by atoms with Gasteiger partial charge in [-0.05, 0) is 75.2 Å². The number of fused-ring (bicyclic) bond motifs is 1. The van der Waals surface area contributed by atoms with Crippen molar-refractivity contribution in [3.05, 3.63) is 111 Å². The molecule has 4 rings (SSSR count). The highest BCUT2D eigenvalue weighted by molar-refractivity contribution is 14.1. The largest absolute Gasteiger partial charge is 0.490 e. The third-order valence-corrected chi connectivity index (χ3v) is 6.36. The van der Waals surface area contributed by atoms with Gasteiger partial charge in [0.1, 0.15) is 18.2 Å². The van der Waals surface area contributed by atoms with Gasteiger partial charge in [0.25, 0.3) is 5.91 Å². The number of carbonyl (C=O) groups excluding carboxylic acids is 1. The van der Waals surface area contributed by atoms with Crippen LogP contribution in [0.25, 0.3) is 16.8 Å². The number of carbonyl (C=O) groups is 1. The molecule has 0 bridgehead atoms. The maximum absolute atomic E-state index is 12.6. The van der Waals surface area contributed by atoms with Crippen LogP contribution in [0.5, 0.6) is 11.5 Å². The van der Waals surface area contributed by atoms with Gasteiger partial charge in [0.15, 0.2) is 11.5 Å². The average molecular weight is 588 g/mol. The molecule has 0 aliphatic carbocycles. The molecule has 5 nitrogen and oxygen atoms in total. The van der Waals surface area contributed by atoms with E-state index in [1.165, 1.54) is 0 Å². The number of hydrogen-bond acceptors (Lipinski definition) is 4. The zero-order valence-corrected chi connectivity index (χ0v) is 22.0. The highest BCUT2D eigenvalue weighted by Gasteiger charge is 2.15. The topological polar surface area (TPSA) is 71.3 Å². The van der Waals surface area contributed by atoms with Gasteiger partial charge in [0.05, 0.1) is 10.2 Å². The molecule has 1 amide bonds. The first kappa shape index (κ1) is 25.3. The molecule has 36 heavy (non-hydrogen) atoms. The molecule has 0 aliphatic heterocycles. The van der Waals surface area contributed by atoms with Crippen molar-refractivity contribution in [3.63, 3.8) is 0 Å². The van der Waals surface area contributed by atoms with Gasteiger partial charge in [0.2, 0.25) is 0 Å². The summed E-state index contributed by atoms with van der Waals surface area (Å²) < 4.78 is 12.9. The van der Waals surface area contributed by atoms with Crippen molar-refractivity contribution in [3.8, 4) is 17.6 Å². The van der Waals surface area contributed by atoms with Gasteiger partial charge in [0, 0.05) is 6.54 Å². The molecule has 4 aromatic rings. The van der Waals surface area contributed by atoms with Crippen LogP contribution in [0.2, 0.25) is 0 Å². The van der Waals surface area contributed by atoms with Crippen molar-refractivity contribution < 1.29 is 14.3 Å². The van der Waals surface area contributed by atoms with Crippen LogP contribution in [0.4, 0.5) is 0 Å². The second kappa shape index (κ2) is 12.2. The number of nitriles is 1. The third kappa shape index (κ3) is 6.23. The molecule has 0 saturated heterocycles. The van der Waals surface area contributed by atoms with E-state index in [0.717, 1.165) is 25.5 Å². The van der Waals surface area contributed by atoms with Gasteiger partial charge < -0.3 is 14.8 Å². The van der Waals surface area contributed by atoms with Crippen LogP contribution in [0, 0.1) is 14.9 Å².